The molecular formula is C44H51N5O3. The maximum Gasteiger partial charge on any atom is 0.408 e. The van der Waals surface area contributed by atoms with E-state index in [-0.39, 0.29) is 18.5 Å². The predicted octanol–water partition coefficient (Wildman–Crippen LogP) is 8.43. The number of rotatable bonds is 11. The third-order valence-electron chi connectivity index (χ3n) is 10.4. The van der Waals surface area contributed by atoms with Gasteiger partial charge in [-0.2, -0.15) is 0 Å². The highest BCUT2D eigenvalue weighted by Crippen LogP contribution is 2.45. The van der Waals surface area contributed by atoms with E-state index < -0.39 is 23.1 Å². The highest BCUT2D eigenvalue weighted by molar-refractivity contribution is 5.72. The number of benzene rings is 4. The minimum atomic E-state index is -0.946. The molecule has 4 aromatic carbocycles. The fourth-order valence-electron chi connectivity index (χ4n) is 7.93. The van der Waals surface area contributed by atoms with Gasteiger partial charge in [0.2, 0.25) is 5.91 Å². The van der Waals surface area contributed by atoms with E-state index in [1.54, 1.807) is 23.8 Å². The molecule has 0 bridgehead atoms. The molecule has 270 valence electrons. The van der Waals surface area contributed by atoms with Gasteiger partial charge in [-0.25, -0.2) is 9.78 Å². The summed E-state index contributed by atoms with van der Waals surface area (Å²) in [5.74, 6) is 0.587. The lowest BCUT2D eigenvalue weighted by molar-refractivity contribution is -0.128. The molecular weight excluding hydrogens is 647 g/mol. The fourth-order valence-corrected chi connectivity index (χ4v) is 7.93. The average molecular weight is 698 g/mol. The Kier molecular flexibility index (Phi) is 11.0. The Morgan fingerprint density at radius 1 is 0.788 bits per heavy atom. The lowest BCUT2D eigenvalue weighted by Crippen LogP contribution is -2.51. The molecule has 8 nitrogen and oxygen atoms in total. The molecule has 2 heterocycles. The summed E-state index contributed by atoms with van der Waals surface area (Å²) in [5, 5.41) is 11.0. The van der Waals surface area contributed by atoms with Crippen molar-refractivity contribution in [1.82, 2.24) is 24.3 Å². The molecule has 2 amide bonds. The maximum atomic E-state index is 13.5. The number of hydrogen-bond donors (Lipinski definition) is 1. The van der Waals surface area contributed by atoms with E-state index in [0.29, 0.717) is 11.5 Å². The molecule has 52 heavy (non-hydrogen) atoms. The van der Waals surface area contributed by atoms with Crippen LogP contribution in [0, 0.1) is 5.41 Å². The van der Waals surface area contributed by atoms with Gasteiger partial charge in [-0.15, -0.1) is 0 Å². The Balaban J connectivity index is 1.52. The van der Waals surface area contributed by atoms with Crippen LogP contribution in [0.5, 0.6) is 0 Å². The summed E-state index contributed by atoms with van der Waals surface area (Å²) in [6.07, 6.45) is 2.58. The van der Waals surface area contributed by atoms with Crippen molar-refractivity contribution in [3.63, 3.8) is 0 Å². The number of carbonyl (C=O) groups is 2. The number of imidazole rings is 1. The number of carboxylic acid groups (broad SMARTS) is 1. The Morgan fingerprint density at radius 2 is 1.25 bits per heavy atom. The van der Waals surface area contributed by atoms with Crippen molar-refractivity contribution in [3.05, 3.63) is 161 Å². The van der Waals surface area contributed by atoms with Crippen molar-refractivity contribution in [2.75, 3.05) is 20.1 Å². The third-order valence-corrected chi connectivity index (χ3v) is 10.4. The van der Waals surface area contributed by atoms with Crippen molar-refractivity contribution in [3.8, 4) is 0 Å². The van der Waals surface area contributed by atoms with Crippen molar-refractivity contribution in [1.29, 1.82) is 0 Å². The average Bonchev–Trinajstić information content (AvgIpc) is 3.55. The number of carbonyl (C=O) groups excluding carboxylic acids is 1. The number of likely N-dealkylation sites (tertiary alicyclic amines) is 1. The van der Waals surface area contributed by atoms with Crippen LogP contribution in [-0.4, -0.2) is 67.5 Å². The molecule has 1 saturated heterocycles. The number of piperidine rings is 1. The van der Waals surface area contributed by atoms with Gasteiger partial charge < -0.3 is 14.6 Å². The van der Waals surface area contributed by atoms with Crippen LogP contribution in [0.25, 0.3) is 0 Å². The van der Waals surface area contributed by atoms with E-state index in [0.717, 1.165) is 49.2 Å². The van der Waals surface area contributed by atoms with Gasteiger partial charge in [0, 0.05) is 45.8 Å². The van der Waals surface area contributed by atoms with Crippen LogP contribution in [0.4, 0.5) is 4.79 Å². The molecule has 1 atom stereocenters. The zero-order valence-electron chi connectivity index (χ0n) is 31.0. The summed E-state index contributed by atoms with van der Waals surface area (Å²) in [6, 6.07) is 40.8. The number of hydrogen-bond acceptors (Lipinski definition) is 4. The lowest BCUT2D eigenvalue weighted by atomic mass is 9.76. The second kappa shape index (κ2) is 15.6. The summed E-state index contributed by atoms with van der Waals surface area (Å²) < 4.78 is 2.20. The Morgan fingerprint density at radius 3 is 1.67 bits per heavy atom. The first kappa shape index (κ1) is 36.6. The quantitative estimate of drug-likeness (QED) is 0.140. The summed E-state index contributed by atoms with van der Waals surface area (Å²) in [7, 11) is 1.78. The second-order valence-corrected chi connectivity index (χ2v) is 15.1. The van der Waals surface area contributed by atoms with Gasteiger partial charge in [0.25, 0.3) is 0 Å². The molecule has 0 spiro atoms. The Hall–Kier alpha value is -5.21. The minimum absolute atomic E-state index is 0.0809. The van der Waals surface area contributed by atoms with Crippen LogP contribution >= 0.6 is 0 Å². The van der Waals surface area contributed by atoms with E-state index in [4.69, 9.17) is 4.98 Å². The van der Waals surface area contributed by atoms with E-state index in [2.05, 4.69) is 97.1 Å². The molecule has 1 aromatic heterocycles. The number of amides is 2. The van der Waals surface area contributed by atoms with Crippen LogP contribution in [0.3, 0.4) is 0 Å². The molecule has 6 rings (SSSR count). The highest BCUT2D eigenvalue weighted by Gasteiger charge is 2.45. The molecule has 0 aliphatic carbocycles. The van der Waals surface area contributed by atoms with E-state index >= 15 is 0 Å². The van der Waals surface area contributed by atoms with E-state index in [1.807, 2.05) is 60.7 Å². The van der Waals surface area contributed by atoms with Crippen LogP contribution in [0.15, 0.2) is 128 Å². The van der Waals surface area contributed by atoms with Gasteiger partial charge in [-0.05, 0) is 40.5 Å². The first-order valence-electron chi connectivity index (χ1n) is 18.2. The Labute approximate surface area is 308 Å². The van der Waals surface area contributed by atoms with E-state index in [9.17, 15) is 14.7 Å². The van der Waals surface area contributed by atoms with Crippen LogP contribution in [-0.2, 0) is 23.4 Å². The summed E-state index contributed by atoms with van der Waals surface area (Å²) in [6.45, 7) is 10.5. The van der Waals surface area contributed by atoms with Crippen LogP contribution in [0.2, 0.25) is 0 Å². The van der Waals surface area contributed by atoms with Crippen molar-refractivity contribution < 1.29 is 14.7 Å². The maximum absolute atomic E-state index is 13.5. The van der Waals surface area contributed by atoms with Gasteiger partial charge in [0.1, 0.15) is 11.4 Å². The molecule has 8 heteroatoms. The predicted molar refractivity (Wildman–Crippen MR) is 206 cm³/mol. The molecule has 0 saturated carbocycles. The van der Waals surface area contributed by atoms with Crippen LogP contribution < -0.4 is 0 Å². The molecule has 0 radical (unpaired) electrons. The fraction of sp³-hybridized carbons (Fsp3) is 0.341. The monoisotopic (exact) mass is 697 g/mol. The van der Waals surface area contributed by atoms with E-state index in [1.165, 1.54) is 5.56 Å². The minimum Gasteiger partial charge on any atom is -0.465 e. The SMILES string of the molecule is CC(=O)N(C)Cc1nc(C(N(C(=O)O)C2CCN(Cc3ccccc3)CC2)C(C)(C)C)cn1C(c1ccccc1)(c1ccccc1)c1ccccc1. The second-order valence-electron chi connectivity index (χ2n) is 15.1. The smallest absolute Gasteiger partial charge is 0.408 e. The molecule has 1 unspecified atom stereocenters. The van der Waals surface area contributed by atoms with Gasteiger partial charge in [0.15, 0.2) is 0 Å². The molecule has 1 fully saturated rings. The highest BCUT2D eigenvalue weighted by atomic mass is 16.4. The first-order valence-corrected chi connectivity index (χ1v) is 18.2. The molecule has 5 aromatic rings. The van der Waals surface area contributed by atoms with Gasteiger partial charge >= 0.3 is 6.09 Å². The van der Waals surface area contributed by atoms with Gasteiger partial charge in [0.05, 0.1) is 18.3 Å². The lowest BCUT2D eigenvalue weighted by Gasteiger charge is -2.45. The first-order chi connectivity index (χ1) is 25.0. The number of nitrogens with zero attached hydrogens (tertiary/aromatic N) is 5. The van der Waals surface area contributed by atoms with Crippen molar-refractivity contribution in [2.24, 2.45) is 5.41 Å². The summed E-state index contributed by atoms with van der Waals surface area (Å²) >= 11 is 0. The van der Waals surface area contributed by atoms with Gasteiger partial charge in [-0.3, -0.25) is 14.6 Å². The van der Waals surface area contributed by atoms with Crippen LogP contribution in [0.1, 0.15) is 80.4 Å². The summed E-state index contributed by atoms with van der Waals surface area (Å²) in [5.41, 5.74) is 3.61. The normalized spacial score (nSPS) is 14.9. The standard InChI is InChI=1S/C44H51N5O3/c1-33(50)46(5)32-40-45-39(41(43(2,3)4)49(42(51)52)38-26-28-47(29-27-38)30-34-18-10-6-11-19-34)31-48(40)44(35-20-12-7-13-21-35,36-22-14-8-15-23-36)37-24-16-9-17-25-37/h6-25,31,38,41H,26-30,32H2,1-5H3,(H,51,52). The topological polar surface area (TPSA) is 81.9 Å². The molecule has 1 aliphatic heterocycles. The third kappa shape index (κ3) is 7.53. The molecule has 1 aliphatic rings. The molecule has 1 N–H and O–H groups in total. The van der Waals surface area contributed by atoms with Crippen molar-refractivity contribution in [2.45, 2.75) is 71.2 Å². The summed E-state index contributed by atoms with van der Waals surface area (Å²) in [4.78, 5) is 37.4. The Bertz CT molecular complexity index is 1820. The zero-order valence-corrected chi connectivity index (χ0v) is 31.0. The van der Waals surface area contributed by atoms with Crippen molar-refractivity contribution >= 4 is 12.0 Å². The zero-order chi connectivity index (χ0) is 36.9. The largest absolute Gasteiger partial charge is 0.465 e. The van der Waals surface area contributed by atoms with Gasteiger partial charge in [-0.1, -0.05) is 142 Å². The number of aromatic nitrogens is 2.